The molecule has 0 bridgehead atoms. The lowest BCUT2D eigenvalue weighted by atomic mass is 10.0. The van der Waals surface area contributed by atoms with E-state index in [4.69, 9.17) is 37.0 Å². The third kappa shape index (κ3) is 62.6. The Morgan fingerprint density at radius 1 is 0.310 bits per heavy atom. The number of carbonyl (C=O) groups is 4. The number of ether oxygens (including phenoxy) is 4. The molecule has 19 heteroatoms. The summed E-state index contributed by atoms with van der Waals surface area (Å²) in [7, 11) is -9.89. The first-order chi connectivity index (χ1) is 42.0. The molecule has 0 aliphatic rings. The standard InChI is InChI=1S/C68H132O17P2/c1-6-9-12-15-18-20-22-23-26-29-33-37-42-47-52-66(71)79-58-64(85-68(73)54-49-44-39-34-30-27-24-25-28-31-36-40-45-50-61(4)5)60-83-87(76,77)81-56-62(69)55-80-86(74,75)82-59-63(57-78-65(70)51-46-41-35-17-14-11-8-3)84-67(72)53-48-43-38-32-21-19-16-13-10-7-2/h61-64,69H,6-60H2,1-5H3,(H,74,75)(H,76,77)/t62-,63+,64+/m0/s1. The van der Waals surface area contributed by atoms with Crippen LogP contribution in [0.2, 0.25) is 0 Å². The summed E-state index contributed by atoms with van der Waals surface area (Å²) in [6.45, 7) is 7.20. The van der Waals surface area contributed by atoms with Gasteiger partial charge in [-0.2, -0.15) is 0 Å². The largest absolute Gasteiger partial charge is 0.472 e. The Balaban J connectivity index is 5.20. The first kappa shape index (κ1) is 85.1. The summed E-state index contributed by atoms with van der Waals surface area (Å²) in [6, 6.07) is 0. The second-order valence-electron chi connectivity index (χ2n) is 25.0. The summed E-state index contributed by atoms with van der Waals surface area (Å²) in [5.74, 6) is -1.34. The molecule has 0 heterocycles. The van der Waals surface area contributed by atoms with Gasteiger partial charge in [0.1, 0.15) is 19.3 Å². The number of aliphatic hydroxyl groups is 1. The van der Waals surface area contributed by atoms with Gasteiger partial charge in [0.2, 0.25) is 0 Å². The molecule has 0 aromatic heterocycles. The maximum absolute atomic E-state index is 13.0. The summed E-state index contributed by atoms with van der Waals surface area (Å²) in [5.41, 5.74) is 0. The Bertz CT molecular complexity index is 1690. The van der Waals surface area contributed by atoms with E-state index in [1.54, 1.807) is 0 Å². The van der Waals surface area contributed by atoms with Crippen molar-refractivity contribution in [1.82, 2.24) is 0 Å². The van der Waals surface area contributed by atoms with Gasteiger partial charge in [-0.3, -0.25) is 37.3 Å². The molecule has 0 aromatic carbocycles. The van der Waals surface area contributed by atoms with Crippen molar-refractivity contribution in [1.29, 1.82) is 0 Å². The van der Waals surface area contributed by atoms with Crippen LogP contribution >= 0.6 is 15.6 Å². The van der Waals surface area contributed by atoms with E-state index < -0.39 is 97.5 Å². The van der Waals surface area contributed by atoms with Crippen LogP contribution in [0, 0.1) is 5.92 Å². The van der Waals surface area contributed by atoms with Gasteiger partial charge in [-0.15, -0.1) is 0 Å². The van der Waals surface area contributed by atoms with Gasteiger partial charge < -0.3 is 33.8 Å². The molecule has 0 spiro atoms. The van der Waals surface area contributed by atoms with E-state index in [0.717, 1.165) is 109 Å². The lowest BCUT2D eigenvalue weighted by Gasteiger charge is -2.21. The van der Waals surface area contributed by atoms with E-state index in [9.17, 15) is 43.2 Å². The van der Waals surface area contributed by atoms with Crippen molar-refractivity contribution in [3.8, 4) is 0 Å². The molecule has 0 aliphatic heterocycles. The van der Waals surface area contributed by atoms with Crippen LogP contribution in [0.25, 0.3) is 0 Å². The van der Waals surface area contributed by atoms with Crippen LogP contribution in [0.15, 0.2) is 0 Å². The maximum Gasteiger partial charge on any atom is 0.472 e. The molecular weight excluding hydrogens is 1150 g/mol. The van der Waals surface area contributed by atoms with E-state index in [1.807, 2.05) is 0 Å². The number of hydrogen-bond donors (Lipinski definition) is 3. The number of aliphatic hydroxyl groups excluding tert-OH is 1. The number of carbonyl (C=O) groups excluding carboxylic acids is 4. The van der Waals surface area contributed by atoms with Crippen LogP contribution in [0.1, 0.15) is 349 Å². The zero-order chi connectivity index (χ0) is 64.2. The monoisotopic (exact) mass is 1280 g/mol. The van der Waals surface area contributed by atoms with Crippen LogP contribution in [0.5, 0.6) is 0 Å². The second-order valence-corrected chi connectivity index (χ2v) is 27.9. The van der Waals surface area contributed by atoms with Gasteiger partial charge in [-0.05, 0) is 31.6 Å². The molecular formula is C68H132O17P2. The molecule has 2 unspecified atom stereocenters. The van der Waals surface area contributed by atoms with Gasteiger partial charge in [0.05, 0.1) is 26.4 Å². The second kappa shape index (κ2) is 61.6. The van der Waals surface area contributed by atoms with E-state index >= 15 is 0 Å². The first-order valence-corrected chi connectivity index (χ1v) is 38.6. The molecule has 516 valence electrons. The molecule has 0 aliphatic carbocycles. The number of hydrogen-bond acceptors (Lipinski definition) is 15. The van der Waals surface area contributed by atoms with Gasteiger partial charge in [0.25, 0.3) is 0 Å². The Morgan fingerprint density at radius 2 is 0.529 bits per heavy atom. The van der Waals surface area contributed by atoms with Gasteiger partial charge in [-0.25, -0.2) is 9.13 Å². The zero-order valence-corrected chi connectivity index (χ0v) is 57.9. The molecule has 3 N–H and O–H groups in total. The van der Waals surface area contributed by atoms with Crippen molar-refractivity contribution in [3.05, 3.63) is 0 Å². The fourth-order valence-electron chi connectivity index (χ4n) is 10.3. The van der Waals surface area contributed by atoms with Crippen LogP contribution in [0.3, 0.4) is 0 Å². The highest BCUT2D eigenvalue weighted by atomic mass is 31.2. The van der Waals surface area contributed by atoms with Crippen molar-refractivity contribution in [2.45, 2.75) is 368 Å². The third-order valence-electron chi connectivity index (χ3n) is 15.8. The zero-order valence-electron chi connectivity index (χ0n) is 56.2. The minimum absolute atomic E-state index is 0.106. The average molecular weight is 1280 g/mol. The highest BCUT2D eigenvalue weighted by Gasteiger charge is 2.30. The lowest BCUT2D eigenvalue weighted by Crippen LogP contribution is -2.30. The number of esters is 4. The summed E-state index contributed by atoms with van der Waals surface area (Å²) < 4.78 is 68.1. The summed E-state index contributed by atoms with van der Waals surface area (Å²) in [6.07, 6.45) is 47.2. The van der Waals surface area contributed by atoms with E-state index in [-0.39, 0.29) is 25.7 Å². The summed E-state index contributed by atoms with van der Waals surface area (Å²) in [5, 5.41) is 10.6. The highest BCUT2D eigenvalue weighted by Crippen LogP contribution is 2.45. The number of unbranched alkanes of at least 4 members (excludes halogenated alkanes) is 40. The molecule has 0 amide bonds. The lowest BCUT2D eigenvalue weighted by molar-refractivity contribution is -0.161. The Hall–Kier alpha value is -1.94. The SMILES string of the molecule is CCCCCCCCCCCCCCCCC(=O)OC[C@H](COP(=O)(O)OC[C@@H](O)COP(=O)(O)OC[C@@H](COC(=O)CCCCCCCCC)OC(=O)CCCCCCCCCCCC)OC(=O)CCCCCCCCCCCCCCCC(C)C. The molecule has 0 aromatic rings. The van der Waals surface area contributed by atoms with Gasteiger partial charge in [-0.1, -0.05) is 298 Å². The van der Waals surface area contributed by atoms with Crippen LogP contribution < -0.4 is 0 Å². The molecule has 0 rings (SSSR count). The smallest absolute Gasteiger partial charge is 0.462 e. The van der Waals surface area contributed by atoms with Crippen molar-refractivity contribution in [2.75, 3.05) is 39.6 Å². The van der Waals surface area contributed by atoms with E-state index in [2.05, 4.69) is 34.6 Å². The molecule has 0 fully saturated rings. The average Bonchev–Trinajstić information content (AvgIpc) is 3.70. The van der Waals surface area contributed by atoms with Crippen molar-refractivity contribution < 1.29 is 80.2 Å². The maximum atomic E-state index is 13.0. The summed E-state index contributed by atoms with van der Waals surface area (Å²) >= 11 is 0. The van der Waals surface area contributed by atoms with Crippen LogP contribution in [-0.4, -0.2) is 96.7 Å². The predicted molar refractivity (Wildman–Crippen MR) is 349 cm³/mol. The van der Waals surface area contributed by atoms with Gasteiger partial charge >= 0.3 is 39.5 Å². The van der Waals surface area contributed by atoms with Crippen molar-refractivity contribution in [3.63, 3.8) is 0 Å². The molecule has 87 heavy (non-hydrogen) atoms. The number of phosphoric ester groups is 2. The molecule has 17 nitrogen and oxygen atoms in total. The number of phosphoric acid groups is 2. The Kier molecular flexibility index (Phi) is 60.2. The minimum atomic E-state index is -4.95. The normalized spacial score (nSPS) is 14.1. The first-order valence-electron chi connectivity index (χ1n) is 35.6. The van der Waals surface area contributed by atoms with Crippen molar-refractivity contribution in [2.24, 2.45) is 5.92 Å². The quantitative estimate of drug-likeness (QED) is 0.0222. The molecule has 0 saturated heterocycles. The molecule has 0 saturated carbocycles. The highest BCUT2D eigenvalue weighted by molar-refractivity contribution is 7.47. The van der Waals surface area contributed by atoms with Gasteiger partial charge in [0.15, 0.2) is 12.2 Å². The fourth-order valence-corrected chi connectivity index (χ4v) is 11.9. The van der Waals surface area contributed by atoms with E-state index in [1.165, 1.54) is 161 Å². The summed E-state index contributed by atoms with van der Waals surface area (Å²) in [4.78, 5) is 72.3. The van der Waals surface area contributed by atoms with Gasteiger partial charge in [0, 0.05) is 25.7 Å². The topological polar surface area (TPSA) is 237 Å². The molecule has 0 radical (unpaired) electrons. The minimum Gasteiger partial charge on any atom is -0.462 e. The fraction of sp³-hybridized carbons (Fsp3) is 0.941. The van der Waals surface area contributed by atoms with Crippen LogP contribution in [0.4, 0.5) is 0 Å². The molecule has 5 atom stereocenters. The van der Waals surface area contributed by atoms with E-state index in [0.29, 0.717) is 25.7 Å². The Morgan fingerprint density at radius 3 is 0.782 bits per heavy atom. The Labute approximate surface area is 530 Å². The van der Waals surface area contributed by atoms with Crippen LogP contribution in [-0.2, 0) is 65.4 Å². The number of rotatable bonds is 68. The predicted octanol–water partition coefficient (Wildman–Crippen LogP) is 19.4. The van der Waals surface area contributed by atoms with Crippen molar-refractivity contribution >= 4 is 39.5 Å². The third-order valence-corrected chi connectivity index (χ3v) is 17.7.